The lowest BCUT2D eigenvalue weighted by Gasteiger charge is -2.21. The highest BCUT2D eigenvalue weighted by Crippen LogP contribution is 2.45. The molecule has 0 aromatic heterocycles. The lowest BCUT2D eigenvalue weighted by atomic mass is 10.0. The Morgan fingerprint density at radius 3 is 0.590 bits per heavy atom. The number of unbranched alkanes of at least 4 members (excludes halogenated alkanes) is 56. The van der Waals surface area contributed by atoms with Gasteiger partial charge in [0.25, 0.3) is 0 Å². The molecule has 0 aromatic rings. The number of esters is 4. The second-order valence-electron chi connectivity index (χ2n) is 29.2. The quantitative estimate of drug-likeness (QED) is 0.0222. The van der Waals surface area contributed by atoms with E-state index in [0.717, 1.165) is 89.9 Å². The lowest BCUT2D eigenvalue weighted by molar-refractivity contribution is -0.161. The summed E-state index contributed by atoms with van der Waals surface area (Å²) < 4.78 is 68.7. The fourth-order valence-electron chi connectivity index (χ4n) is 12.6. The predicted octanol–water partition coefficient (Wildman–Crippen LogP) is 24.6. The van der Waals surface area contributed by atoms with Gasteiger partial charge in [0.15, 0.2) is 12.2 Å². The summed E-state index contributed by atoms with van der Waals surface area (Å²) in [4.78, 5) is 73.0. The van der Waals surface area contributed by atoms with Crippen LogP contribution in [0.15, 0.2) is 0 Å². The van der Waals surface area contributed by atoms with E-state index in [4.69, 9.17) is 37.0 Å². The van der Waals surface area contributed by atoms with E-state index < -0.39 is 97.5 Å². The normalized spacial score (nSPS) is 13.8. The largest absolute Gasteiger partial charge is 0.472 e. The summed E-state index contributed by atoms with van der Waals surface area (Å²) in [6, 6.07) is 0. The van der Waals surface area contributed by atoms with Crippen LogP contribution in [0.1, 0.15) is 439 Å². The number of aliphatic hydroxyl groups excluding tert-OH is 1. The SMILES string of the molecule is CCCCCCCCCCCCCCCCCCCCC(=O)OC[C@H](COP(=O)(O)OC[C@@H](O)COP(=O)(O)OC[C@@H](COC(=O)CCCCCCCCCCCCCC)OC(=O)CCCCCCCCCCCCCC)OC(=O)CCCCCCCCCCCCCCCCCCCC. The van der Waals surface area contributed by atoms with Crippen LogP contribution in [-0.2, 0) is 65.4 Å². The van der Waals surface area contributed by atoms with E-state index in [1.807, 2.05) is 0 Å². The maximum atomic E-state index is 13.1. The monoisotopic (exact) mass is 1470 g/mol. The van der Waals surface area contributed by atoms with Crippen LogP contribution in [0, 0.1) is 0 Å². The van der Waals surface area contributed by atoms with Gasteiger partial charge in [-0.25, -0.2) is 9.13 Å². The zero-order chi connectivity index (χ0) is 73.2. The molecular formula is C81H158O17P2. The maximum Gasteiger partial charge on any atom is 0.472 e. The Morgan fingerprint density at radius 2 is 0.400 bits per heavy atom. The Kier molecular flexibility index (Phi) is 73.8. The molecule has 0 bridgehead atoms. The van der Waals surface area contributed by atoms with Gasteiger partial charge in [-0.05, 0) is 25.7 Å². The smallest absolute Gasteiger partial charge is 0.462 e. The third kappa shape index (κ3) is 74.3. The topological polar surface area (TPSA) is 237 Å². The van der Waals surface area contributed by atoms with Crippen molar-refractivity contribution in [3.05, 3.63) is 0 Å². The van der Waals surface area contributed by atoms with Crippen molar-refractivity contribution in [2.75, 3.05) is 39.6 Å². The summed E-state index contributed by atoms with van der Waals surface area (Å²) in [5.41, 5.74) is 0. The first kappa shape index (κ1) is 98.1. The third-order valence-corrected chi connectivity index (χ3v) is 21.0. The Labute approximate surface area is 613 Å². The van der Waals surface area contributed by atoms with E-state index in [2.05, 4.69) is 27.7 Å². The molecule has 0 aliphatic rings. The number of phosphoric acid groups is 2. The van der Waals surface area contributed by atoms with Crippen molar-refractivity contribution in [2.45, 2.75) is 457 Å². The van der Waals surface area contributed by atoms with Crippen LogP contribution in [0.5, 0.6) is 0 Å². The molecule has 3 N–H and O–H groups in total. The van der Waals surface area contributed by atoms with Crippen LogP contribution in [-0.4, -0.2) is 96.7 Å². The van der Waals surface area contributed by atoms with Crippen molar-refractivity contribution in [3.8, 4) is 0 Å². The van der Waals surface area contributed by atoms with E-state index in [1.165, 1.54) is 270 Å². The first-order chi connectivity index (χ1) is 48.7. The first-order valence-electron chi connectivity index (χ1n) is 42.3. The molecule has 0 aliphatic carbocycles. The molecule has 0 saturated carbocycles. The van der Waals surface area contributed by atoms with Gasteiger partial charge in [-0.2, -0.15) is 0 Å². The number of hydrogen-bond donors (Lipinski definition) is 3. The predicted molar refractivity (Wildman–Crippen MR) is 409 cm³/mol. The van der Waals surface area contributed by atoms with Crippen LogP contribution in [0.3, 0.4) is 0 Å². The molecule has 0 amide bonds. The highest BCUT2D eigenvalue weighted by atomic mass is 31.2. The minimum atomic E-state index is -4.96. The Bertz CT molecular complexity index is 1890. The van der Waals surface area contributed by atoms with Gasteiger partial charge in [-0.3, -0.25) is 37.3 Å². The summed E-state index contributed by atoms with van der Waals surface area (Å²) in [6.07, 6.45) is 67.9. The minimum Gasteiger partial charge on any atom is -0.462 e. The molecule has 594 valence electrons. The molecule has 2 unspecified atom stereocenters. The van der Waals surface area contributed by atoms with Gasteiger partial charge in [-0.1, -0.05) is 387 Å². The van der Waals surface area contributed by atoms with Crippen LogP contribution in [0.25, 0.3) is 0 Å². The van der Waals surface area contributed by atoms with Crippen LogP contribution in [0.2, 0.25) is 0 Å². The highest BCUT2D eigenvalue weighted by molar-refractivity contribution is 7.47. The fraction of sp³-hybridized carbons (Fsp3) is 0.951. The number of hydrogen-bond acceptors (Lipinski definition) is 15. The Balaban J connectivity index is 5.23. The molecule has 0 rings (SSSR count). The third-order valence-electron chi connectivity index (χ3n) is 19.1. The van der Waals surface area contributed by atoms with Crippen LogP contribution >= 0.6 is 15.6 Å². The molecule has 0 spiro atoms. The van der Waals surface area contributed by atoms with E-state index in [-0.39, 0.29) is 25.7 Å². The average molecular weight is 1470 g/mol. The number of carbonyl (C=O) groups excluding carboxylic acids is 4. The summed E-state index contributed by atoms with van der Waals surface area (Å²) >= 11 is 0. The van der Waals surface area contributed by atoms with Crippen molar-refractivity contribution in [2.24, 2.45) is 0 Å². The van der Waals surface area contributed by atoms with Crippen molar-refractivity contribution in [1.29, 1.82) is 0 Å². The number of aliphatic hydroxyl groups is 1. The van der Waals surface area contributed by atoms with Crippen molar-refractivity contribution in [3.63, 3.8) is 0 Å². The standard InChI is InChI=1S/C81H158O17P2/c1-5-9-13-17-21-25-29-33-35-37-39-41-43-47-50-54-58-62-66-79(84)92-72-77(98-81(86)68-64-60-56-52-48-44-42-40-38-36-34-30-26-22-18-14-10-6-2)74-96-100(89,90)94-70-75(82)69-93-99(87,88)95-73-76(97-80(85)67-63-59-55-51-46-32-28-24-20-16-12-8-4)71-91-78(83)65-61-57-53-49-45-31-27-23-19-15-11-7-3/h75-77,82H,5-74H2,1-4H3,(H,87,88)(H,89,90)/t75-,76+,77+/m0/s1. The molecule has 0 saturated heterocycles. The van der Waals surface area contributed by atoms with Crippen molar-refractivity contribution < 1.29 is 80.2 Å². The zero-order valence-corrected chi connectivity index (χ0v) is 67.0. The van der Waals surface area contributed by atoms with Gasteiger partial charge in [-0.15, -0.1) is 0 Å². The fourth-order valence-corrected chi connectivity index (χ4v) is 14.2. The molecule has 0 fully saturated rings. The molecule has 19 heteroatoms. The second-order valence-corrected chi connectivity index (χ2v) is 32.1. The average Bonchev–Trinajstić information content (AvgIpc) is 1.07. The van der Waals surface area contributed by atoms with Gasteiger partial charge in [0.2, 0.25) is 0 Å². The van der Waals surface area contributed by atoms with Gasteiger partial charge in [0.1, 0.15) is 19.3 Å². The molecule has 17 nitrogen and oxygen atoms in total. The van der Waals surface area contributed by atoms with Crippen molar-refractivity contribution >= 4 is 39.5 Å². The number of carbonyl (C=O) groups is 4. The van der Waals surface area contributed by atoms with Gasteiger partial charge < -0.3 is 33.8 Å². The lowest BCUT2D eigenvalue weighted by Crippen LogP contribution is -2.30. The summed E-state index contributed by atoms with van der Waals surface area (Å²) in [6.45, 7) is 5.03. The summed E-state index contributed by atoms with van der Waals surface area (Å²) in [7, 11) is -9.92. The van der Waals surface area contributed by atoms with E-state index >= 15 is 0 Å². The zero-order valence-electron chi connectivity index (χ0n) is 65.2. The van der Waals surface area contributed by atoms with Crippen LogP contribution < -0.4 is 0 Å². The molecule has 100 heavy (non-hydrogen) atoms. The minimum absolute atomic E-state index is 0.108. The molecule has 0 aliphatic heterocycles. The Hall–Kier alpha value is -1.94. The molecule has 0 aromatic carbocycles. The first-order valence-corrected chi connectivity index (χ1v) is 45.3. The van der Waals surface area contributed by atoms with Crippen molar-refractivity contribution in [1.82, 2.24) is 0 Å². The molecule has 0 radical (unpaired) electrons. The summed E-state index contributed by atoms with van der Waals surface area (Å²) in [5, 5.41) is 10.6. The Morgan fingerprint density at radius 1 is 0.240 bits per heavy atom. The number of phosphoric ester groups is 2. The van der Waals surface area contributed by atoms with Gasteiger partial charge >= 0.3 is 39.5 Å². The highest BCUT2D eigenvalue weighted by Gasteiger charge is 2.30. The van der Waals surface area contributed by atoms with Crippen LogP contribution in [0.4, 0.5) is 0 Å². The number of ether oxygens (including phenoxy) is 4. The molecule has 0 heterocycles. The molecule has 5 atom stereocenters. The van der Waals surface area contributed by atoms with E-state index in [1.54, 1.807) is 0 Å². The molecular weight excluding hydrogens is 1310 g/mol. The van der Waals surface area contributed by atoms with E-state index in [9.17, 15) is 43.2 Å². The number of rotatable bonds is 82. The maximum absolute atomic E-state index is 13.1. The second kappa shape index (κ2) is 75.3. The van der Waals surface area contributed by atoms with Gasteiger partial charge in [0.05, 0.1) is 26.4 Å². The summed E-state index contributed by atoms with van der Waals surface area (Å²) in [5.74, 6) is -2.10. The van der Waals surface area contributed by atoms with E-state index in [0.29, 0.717) is 25.7 Å². The van der Waals surface area contributed by atoms with Gasteiger partial charge in [0, 0.05) is 25.7 Å².